The second-order valence-electron chi connectivity index (χ2n) is 7.51. The SMILES string of the molecule is O=C(Nc1cccc(Cl)c1)C1CCN(C(=O)C2CC(c3ccncc3)NN2)CC1. The molecule has 2 aromatic rings. The van der Waals surface area contributed by atoms with Gasteiger partial charge in [-0.2, -0.15) is 0 Å². The highest BCUT2D eigenvalue weighted by Gasteiger charge is 2.35. The van der Waals surface area contributed by atoms with Gasteiger partial charge in [0, 0.05) is 48.2 Å². The van der Waals surface area contributed by atoms with E-state index < -0.39 is 0 Å². The van der Waals surface area contributed by atoms with Gasteiger partial charge in [-0.25, -0.2) is 10.9 Å². The van der Waals surface area contributed by atoms with Crippen LogP contribution in [-0.2, 0) is 9.59 Å². The number of hydrogen-bond donors (Lipinski definition) is 3. The first-order chi connectivity index (χ1) is 14.1. The van der Waals surface area contributed by atoms with E-state index in [2.05, 4.69) is 21.2 Å². The normalized spacial score (nSPS) is 22.4. The van der Waals surface area contributed by atoms with Crippen LogP contribution in [0.5, 0.6) is 0 Å². The Bertz CT molecular complexity index is 870. The van der Waals surface area contributed by atoms with Crippen LogP contribution in [0.2, 0.25) is 5.02 Å². The molecule has 2 aliphatic rings. The minimum absolute atomic E-state index is 0.0159. The fourth-order valence-corrected chi connectivity index (χ4v) is 4.12. The first-order valence-electron chi connectivity index (χ1n) is 9.86. The first kappa shape index (κ1) is 19.8. The van der Waals surface area contributed by atoms with Gasteiger partial charge in [-0.15, -0.1) is 0 Å². The molecule has 152 valence electrons. The molecule has 0 aliphatic carbocycles. The van der Waals surface area contributed by atoms with Gasteiger partial charge in [-0.3, -0.25) is 14.6 Å². The van der Waals surface area contributed by atoms with Crippen LogP contribution < -0.4 is 16.2 Å². The average molecular weight is 414 g/mol. The maximum absolute atomic E-state index is 12.9. The maximum atomic E-state index is 12.9. The molecule has 3 N–H and O–H groups in total. The molecule has 7 nitrogen and oxygen atoms in total. The number of hydrogen-bond acceptors (Lipinski definition) is 5. The van der Waals surface area contributed by atoms with Crippen molar-refractivity contribution >= 4 is 29.1 Å². The predicted molar refractivity (Wildman–Crippen MR) is 111 cm³/mol. The van der Waals surface area contributed by atoms with Gasteiger partial charge < -0.3 is 10.2 Å². The van der Waals surface area contributed by atoms with Gasteiger partial charge in [-0.1, -0.05) is 17.7 Å². The summed E-state index contributed by atoms with van der Waals surface area (Å²) >= 11 is 5.97. The zero-order valence-electron chi connectivity index (χ0n) is 16.0. The number of anilines is 1. The lowest BCUT2D eigenvalue weighted by molar-refractivity contribution is -0.136. The van der Waals surface area contributed by atoms with Crippen molar-refractivity contribution in [3.63, 3.8) is 0 Å². The molecule has 2 fully saturated rings. The van der Waals surface area contributed by atoms with Crippen molar-refractivity contribution < 1.29 is 9.59 Å². The highest BCUT2D eigenvalue weighted by atomic mass is 35.5. The molecule has 29 heavy (non-hydrogen) atoms. The molecule has 2 amide bonds. The van der Waals surface area contributed by atoms with E-state index >= 15 is 0 Å². The highest BCUT2D eigenvalue weighted by Crippen LogP contribution is 2.25. The van der Waals surface area contributed by atoms with E-state index in [9.17, 15) is 9.59 Å². The number of nitrogens with one attached hydrogen (secondary N) is 3. The summed E-state index contributed by atoms with van der Waals surface area (Å²) in [5.74, 6) is -0.0298. The fraction of sp³-hybridized carbons (Fsp3) is 0.381. The van der Waals surface area contributed by atoms with Crippen molar-refractivity contribution in [3.8, 4) is 0 Å². The standard InChI is InChI=1S/C21H24ClN5O2/c22-16-2-1-3-17(12-16)24-20(28)15-6-10-27(11-7-15)21(29)19-13-18(25-26-19)14-4-8-23-9-5-14/h1-5,8-9,12,15,18-19,25-26H,6-7,10-11,13H2,(H,24,28). The molecule has 2 unspecified atom stereocenters. The van der Waals surface area contributed by atoms with Gasteiger partial charge in [0.1, 0.15) is 6.04 Å². The summed E-state index contributed by atoms with van der Waals surface area (Å²) in [6, 6.07) is 10.9. The lowest BCUT2D eigenvalue weighted by Crippen LogP contribution is -2.49. The summed E-state index contributed by atoms with van der Waals surface area (Å²) in [6.45, 7) is 1.18. The Balaban J connectivity index is 1.27. The van der Waals surface area contributed by atoms with E-state index in [1.165, 1.54) is 0 Å². The van der Waals surface area contributed by atoms with Gasteiger partial charge in [0.25, 0.3) is 0 Å². The lowest BCUT2D eigenvalue weighted by Gasteiger charge is -2.32. The van der Waals surface area contributed by atoms with E-state index in [4.69, 9.17) is 11.6 Å². The molecular weight excluding hydrogens is 390 g/mol. The van der Waals surface area contributed by atoms with Gasteiger partial charge in [0.2, 0.25) is 11.8 Å². The van der Waals surface area contributed by atoms with Crippen LogP contribution in [0.3, 0.4) is 0 Å². The number of carbonyl (C=O) groups is 2. The van der Waals surface area contributed by atoms with Crippen molar-refractivity contribution in [3.05, 3.63) is 59.4 Å². The second-order valence-corrected chi connectivity index (χ2v) is 7.95. The maximum Gasteiger partial charge on any atom is 0.241 e. The third-order valence-electron chi connectivity index (χ3n) is 5.58. The van der Waals surface area contributed by atoms with Crippen molar-refractivity contribution in [2.75, 3.05) is 18.4 Å². The molecule has 4 rings (SSSR count). The number of hydrazine groups is 1. The summed E-state index contributed by atoms with van der Waals surface area (Å²) in [5, 5.41) is 3.51. The number of aromatic nitrogens is 1. The van der Waals surface area contributed by atoms with Crippen LogP contribution in [0.25, 0.3) is 0 Å². The smallest absolute Gasteiger partial charge is 0.241 e. The third kappa shape index (κ3) is 4.75. The quantitative estimate of drug-likeness (QED) is 0.717. The topological polar surface area (TPSA) is 86.4 Å². The number of carbonyl (C=O) groups excluding carboxylic acids is 2. The van der Waals surface area contributed by atoms with Crippen LogP contribution in [0.1, 0.15) is 30.9 Å². The van der Waals surface area contributed by atoms with E-state index in [1.54, 1.807) is 30.6 Å². The fourth-order valence-electron chi connectivity index (χ4n) is 3.93. The van der Waals surface area contributed by atoms with Gasteiger partial charge >= 0.3 is 0 Å². The highest BCUT2D eigenvalue weighted by molar-refractivity contribution is 6.30. The zero-order valence-corrected chi connectivity index (χ0v) is 16.7. The van der Waals surface area contributed by atoms with Crippen LogP contribution in [-0.4, -0.2) is 40.8 Å². The molecule has 0 saturated carbocycles. The van der Waals surface area contributed by atoms with Crippen molar-refractivity contribution in [2.45, 2.75) is 31.3 Å². The van der Waals surface area contributed by atoms with E-state index in [1.807, 2.05) is 23.1 Å². The number of pyridine rings is 1. The van der Waals surface area contributed by atoms with Crippen molar-refractivity contribution in [1.29, 1.82) is 0 Å². The number of nitrogens with zero attached hydrogens (tertiary/aromatic N) is 2. The summed E-state index contributed by atoms with van der Waals surface area (Å²) in [6.07, 6.45) is 5.52. The third-order valence-corrected chi connectivity index (χ3v) is 5.81. The average Bonchev–Trinajstić information content (AvgIpc) is 3.24. The van der Waals surface area contributed by atoms with Crippen LogP contribution in [0.15, 0.2) is 48.8 Å². The Morgan fingerprint density at radius 1 is 1.10 bits per heavy atom. The van der Waals surface area contributed by atoms with Crippen LogP contribution in [0, 0.1) is 5.92 Å². The number of rotatable bonds is 4. The Morgan fingerprint density at radius 2 is 1.86 bits per heavy atom. The van der Waals surface area contributed by atoms with Crippen molar-refractivity contribution in [2.24, 2.45) is 5.92 Å². The minimum atomic E-state index is -0.259. The Kier molecular flexibility index (Phi) is 6.08. The number of amides is 2. The number of likely N-dealkylation sites (tertiary alicyclic amines) is 1. The predicted octanol–water partition coefficient (Wildman–Crippen LogP) is 2.52. The van der Waals surface area contributed by atoms with E-state index in [0.29, 0.717) is 43.1 Å². The Labute approximate surface area is 174 Å². The summed E-state index contributed by atoms with van der Waals surface area (Å²) in [4.78, 5) is 31.3. The van der Waals surface area contributed by atoms with Crippen molar-refractivity contribution in [1.82, 2.24) is 20.7 Å². The first-order valence-corrected chi connectivity index (χ1v) is 10.2. The number of benzene rings is 1. The molecule has 0 radical (unpaired) electrons. The largest absolute Gasteiger partial charge is 0.341 e. The molecular formula is C21H24ClN5O2. The molecule has 0 spiro atoms. The molecule has 0 bridgehead atoms. The zero-order chi connectivity index (χ0) is 20.2. The minimum Gasteiger partial charge on any atom is -0.341 e. The molecule has 8 heteroatoms. The number of halogens is 1. The van der Waals surface area contributed by atoms with E-state index in [-0.39, 0.29) is 29.8 Å². The molecule has 1 aromatic heterocycles. The lowest BCUT2D eigenvalue weighted by atomic mass is 9.94. The Hall–Kier alpha value is -2.48. The molecule has 2 atom stereocenters. The monoisotopic (exact) mass is 413 g/mol. The Morgan fingerprint density at radius 3 is 2.59 bits per heavy atom. The second kappa shape index (κ2) is 8.90. The summed E-state index contributed by atoms with van der Waals surface area (Å²) < 4.78 is 0. The van der Waals surface area contributed by atoms with Crippen LogP contribution >= 0.6 is 11.6 Å². The molecule has 1 aromatic carbocycles. The molecule has 3 heterocycles. The molecule has 2 saturated heterocycles. The van der Waals surface area contributed by atoms with Gasteiger partial charge in [0.15, 0.2) is 0 Å². The van der Waals surface area contributed by atoms with Gasteiger partial charge in [-0.05, 0) is 55.2 Å². The summed E-state index contributed by atoms with van der Waals surface area (Å²) in [7, 11) is 0. The van der Waals surface area contributed by atoms with Crippen LogP contribution in [0.4, 0.5) is 5.69 Å². The van der Waals surface area contributed by atoms with E-state index in [0.717, 1.165) is 5.56 Å². The summed E-state index contributed by atoms with van der Waals surface area (Å²) in [5.41, 5.74) is 8.13. The number of piperidine rings is 1. The molecule has 2 aliphatic heterocycles. The van der Waals surface area contributed by atoms with Gasteiger partial charge in [0.05, 0.1) is 0 Å².